The summed E-state index contributed by atoms with van der Waals surface area (Å²) in [7, 11) is 0. The van der Waals surface area contributed by atoms with Crippen molar-refractivity contribution in [3.05, 3.63) is 40.4 Å². The van der Waals surface area contributed by atoms with Crippen LogP contribution in [0.2, 0.25) is 0 Å². The van der Waals surface area contributed by atoms with Gasteiger partial charge in [0.2, 0.25) is 0 Å². The van der Waals surface area contributed by atoms with Crippen LogP contribution in [-0.4, -0.2) is 4.92 Å². The molecule has 0 aliphatic rings. The van der Waals surface area contributed by atoms with Crippen molar-refractivity contribution in [3.63, 3.8) is 0 Å². The standard InChI is InChI=1S/C6H4NO2.Na/c8-7(9)6-4-2-1-3-5-6;/h2-5H;/q-1;+1. The molecule has 1 rings (SSSR count). The molecule has 10 heavy (non-hydrogen) atoms. The van der Waals surface area contributed by atoms with Gasteiger partial charge in [0.25, 0.3) is 0 Å². The fraction of sp³-hybridized carbons (Fsp3) is 0. The first kappa shape index (κ1) is 9.62. The molecule has 0 saturated heterocycles. The maximum atomic E-state index is 9.99. The van der Waals surface area contributed by atoms with E-state index in [9.17, 15) is 10.1 Å². The topological polar surface area (TPSA) is 43.1 Å². The van der Waals surface area contributed by atoms with Crippen molar-refractivity contribution in [1.29, 1.82) is 0 Å². The number of hydrogen-bond acceptors (Lipinski definition) is 2. The van der Waals surface area contributed by atoms with Crippen molar-refractivity contribution in [3.8, 4) is 0 Å². The van der Waals surface area contributed by atoms with Gasteiger partial charge in [-0.2, -0.15) is 18.2 Å². The molecule has 0 bridgehead atoms. The molecule has 4 heteroatoms. The maximum absolute atomic E-state index is 9.99. The van der Waals surface area contributed by atoms with Gasteiger partial charge in [-0.25, -0.2) is 0 Å². The van der Waals surface area contributed by atoms with Gasteiger partial charge in [-0.15, -0.1) is 0 Å². The van der Waals surface area contributed by atoms with Crippen molar-refractivity contribution >= 4 is 5.69 Å². The minimum absolute atomic E-state index is 0. The van der Waals surface area contributed by atoms with Crippen LogP contribution in [0.4, 0.5) is 5.69 Å². The van der Waals surface area contributed by atoms with E-state index in [1.165, 1.54) is 24.3 Å². The molecule has 3 nitrogen and oxygen atoms in total. The molecule has 1 aromatic carbocycles. The molecule has 0 amide bonds. The fourth-order valence-corrected chi connectivity index (χ4v) is 0.500. The van der Waals surface area contributed by atoms with Gasteiger partial charge >= 0.3 is 29.6 Å². The Balaban J connectivity index is 0.000000810. The van der Waals surface area contributed by atoms with Crippen LogP contribution in [-0.2, 0) is 0 Å². The number of non-ortho nitro benzene ring substituents is 1. The van der Waals surface area contributed by atoms with E-state index in [-0.39, 0.29) is 35.2 Å². The van der Waals surface area contributed by atoms with Gasteiger partial charge < -0.3 is 0 Å². The first-order valence-electron chi connectivity index (χ1n) is 2.41. The first-order chi connectivity index (χ1) is 4.30. The summed E-state index contributed by atoms with van der Waals surface area (Å²) >= 11 is 0. The second-order valence-corrected chi connectivity index (χ2v) is 1.52. The third-order valence-corrected chi connectivity index (χ3v) is 0.911. The van der Waals surface area contributed by atoms with Crippen molar-refractivity contribution in [1.82, 2.24) is 0 Å². The van der Waals surface area contributed by atoms with Crippen LogP contribution in [0.3, 0.4) is 0 Å². The number of benzene rings is 1. The smallest absolute Gasteiger partial charge is 0.260 e. The van der Waals surface area contributed by atoms with Crippen LogP contribution >= 0.6 is 0 Å². The first-order valence-corrected chi connectivity index (χ1v) is 2.41. The number of rotatable bonds is 1. The second kappa shape index (κ2) is 4.44. The molecule has 1 aromatic rings. The molecule has 0 unspecified atom stereocenters. The van der Waals surface area contributed by atoms with Gasteiger partial charge in [-0.05, 0) is 0 Å². The van der Waals surface area contributed by atoms with Gasteiger partial charge in [0.05, 0.1) is 0 Å². The molecule has 0 aliphatic heterocycles. The van der Waals surface area contributed by atoms with Gasteiger partial charge in [0.1, 0.15) is 0 Å². The summed E-state index contributed by atoms with van der Waals surface area (Å²) in [6.07, 6.45) is 0. The monoisotopic (exact) mass is 145 g/mol. The Kier molecular flexibility index (Phi) is 4.27. The van der Waals surface area contributed by atoms with Crippen molar-refractivity contribution in [2.75, 3.05) is 0 Å². The summed E-state index contributed by atoms with van der Waals surface area (Å²) < 4.78 is 0. The van der Waals surface area contributed by atoms with Crippen molar-refractivity contribution < 1.29 is 34.5 Å². The summed E-state index contributed by atoms with van der Waals surface area (Å²) in [6, 6.07) is 8.51. The Morgan fingerprint density at radius 2 is 1.90 bits per heavy atom. The number of nitro groups is 1. The predicted octanol–water partition coefficient (Wildman–Crippen LogP) is -1.60. The molecular weight excluding hydrogens is 141 g/mol. The predicted molar refractivity (Wildman–Crippen MR) is 31.9 cm³/mol. The molecule has 0 aliphatic carbocycles. The molecule has 0 spiro atoms. The van der Waals surface area contributed by atoms with E-state index in [4.69, 9.17) is 0 Å². The Hall–Kier alpha value is -0.380. The third-order valence-electron chi connectivity index (χ3n) is 0.911. The number of nitrogens with zero attached hydrogens (tertiary/aromatic N) is 1. The van der Waals surface area contributed by atoms with Crippen LogP contribution in [0.1, 0.15) is 0 Å². The average Bonchev–Trinajstić information content (AvgIpc) is 1.90. The van der Waals surface area contributed by atoms with Gasteiger partial charge in [0.15, 0.2) is 5.69 Å². The SMILES string of the molecule is O=[N+]([O-])c1cc[c-]cc1.[Na+]. The summed E-state index contributed by atoms with van der Waals surface area (Å²) in [5.74, 6) is 0. The quantitative estimate of drug-likeness (QED) is 0.207. The van der Waals surface area contributed by atoms with Crippen molar-refractivity contribution in [2.24, 2.45) is 0 Å². The Labute approximate surface area is 80.5 Å². The van der Waals surface area contributed by atoms with Gasteiger partial charge in [-0.3, -0.25) is 10.1 Å². The van der Waals surface area contributed by atoms with E-state index in [1.54, 1.807) is 0 Å². The number of nitro benzene ring substituents is 1. The van der Waals surface area contributed by atoms with E-state index in [2.05, 4.69) is 6.07 Å². The summed E-state index contributed by atoms with van der Waals surface area (Å²) in [5.41, 5.74) is 0.105. The average molecular weight is 145 g/mol. The summed E-state index contributed by atoms with van der Waals surface area (Å²) in [4.78, 5) is 9.56. The molecule has 0 radical (unpaired) electrons. The third kappa shape index (κ3) is 2.47. The fourth-order valence-electron chi connectivity index (χ4n) is 0.500. The van der Waals surface area contributed by atoms with Crippen LogP contribution in [0, 0.1) is 16.2 Å². The minimum atomic E-state index is -0.437. The molecule has 46 valence electrons. The van der Waals surface area contributed by atoms with E-state index in [0.29, 0.717) is 0 Å². The molecule has 0 saturated carbocycles. The largest absolute Gasteiger partial charge is 1.00 e. The zero-order valence-corrected chi connectivity index (χ0v) is 7.57. The molecule has 0 aromatic heterocycles. The molecule has 0 fully saturated rings. The normalized spacial score (nSPS) is 8.00. The summed E-state index contributed by atoms with van der Waals surface area (Å²) in [5, 5.41) is 9.99. The Morgan fingerprint density at radius 3 is 2.20 bits per heavy atom. The van der Waals surface area contributed by atoms with Crippen LogP contribution < -0.4 is 29.6 Å². The zero-order valence-electron chi connectivity index (χ0n) is 5.57. The Morgan fingerprint density at radius 1 is 1.40 bits per heavy atom. The van der Waals surface area contributed by atoms with E-state index >= 15 is 0 Å². The van der Waals surface area contributed by atoms with Crippen LogP contribution in [0.5, 0.6) is 0 Å². The summed E-state index contributed by atoms with van der Waals surface area (Å²) in [6.45, 7) is 0. The van der Waals surface area contributed by atoms with Crippen LogP contribution in [0.25, 0.3) is 0 Å². The molecule has 0 N–H and O–H groups in total. The van der Waals surface area contributed by atoms with E-state index in [1.807, 2.05) is 0 Å². The van der Waals surface area contributed by atoms with Gasteiger partial charge in [0, 0.05) is 4.92 Å². The van der Waals surface area contributed by atoms with E-state index in [0.717, 1.165) is 0 Å². The Bertz CT molecular complexity index is 212. The molecule has 0 heterocycles. The minimum Gasteiger partial charge on any atom is -0.260 e. The molecular formula is C6H4NNaO2. The van der Waals surface area contributed by atoms with Gasteiger partial charge in [-0.1, -0.05) is 12.1 Å². The van der Waals surface area contributed by atoms with Crippen molar-refractivity contribution in [2.45, 2.75) is 0 Å². The van der Waals surface area contributed by atoms with Crippen LogP contribution in [0.15, 0.2) is 24.3 Å². The zero-order chi connectivity index (χ0) is 6.69. The number of hydrogen-bond donors (Lipinski definition) is 0. The van der Waals surface area contributed by atoms with E-state index < -0.39 is 4.92 Å². The second-order valence-electron chi connectivity index (χ2n) is 1.52. The maximum Gasteiger partial charge on any atom is 1.00 e. The molecule has 0 atom stereocenters.